The number of hydrogen-bond donors (Lipinski definition) is 1. The molecule has 0 aliphatic carbocycles. The van der Waals surface area contributed by atoms with Crippen LogP contribution >= 0.6 is 0 Å². The number of piperidine rings is 1. The number of amides is 2. The van der Waals surface area contributed by atoms with Gasteiger partial charge in [-0.05, 0) is 69.0 Å². The molecule has 2 saturated heterocycles. The summed E-state index contributed by atoms with van der Waals surface area (Å²) in [5.74, 6) is 0.456. The van der Waals surface area contributed by atoms with Crippen molar-refractivity contribution in [1.29, 1.82) is 0 Å². The highest BCUT2D eigenvalue weighted by atomic mass is 16.2. The van der Waals surface area contributed by atoms with Gasteiger partial charge in [0.15, 0.2) is 0 Å². The number of nitrogens with zero attached hydrogens (tertiary/aromatic N) is 2. The van der Waals surface area contributed by atoms with Gasteiger partial charge in [0.05, 0.1) is 6.04 Å². The molecule has 2 amide bonds. The van der Waals surface area contributed by atoms with Crippen molar-refractivity contribution in [3.05, 3.63) is 71.8 Å². The van der Waals surface area contributed by atoms with Crippen LogP contribution in [0.4, 0.5) is 0 Å². The smallest absolute Gasteiger partial charge is 0.246 e. The number of benzene rings is 2. The number of nitrogens with one attached hydrogen (secondary N) is 1. The largest absolute Gasteiger partial charge is 0.342 e. The van der Waals surface area contributed by atoms with Crippen LogP contribution in [0.2, 0.25) is 0 Å². The van der Waals surface area contributed by atoms with Gasteiger partial charge in [-0.15, -0.1) is 0 Å². The molecule has 2 atom stereocenters. The normalized spacial score (nSPS) is 21.1. The molecule has 2 aromatic rings. The molecule has 0 saturated carbocycles. The summed E-state index contributed by atoms with van der Waals surface area (Å²) in [5.41, 5.74) is 1.74. The van der Waals surface area contributed by atoms with Gasteiger partial charge in [-0.1, -0.05) is 80.9 Å². The molecule has 5 nitrogen and oxygen atoms in total. The predicted octanol–water partition coefficient (Wildman–Crippen LogP) is 5.37. The van der Waals surface area contributed by atoms with E-state index in [1.54, 1.807) is 0 Å². The number of likely N-dealkylation sites (tertiary alicyclic amines) is 1. The summed E-state index contributed by atoms with van der Waals surface area (Å²) >= 11 is 0. The van der Waals surface area contributed by atoms with Crippen LogP contribution in [0.1, 0.15) is 76.5 Å². The minimum atomic E-state index is -0.760. The van der Waals surface area contributed by atoms with Crippen LogP contribution in [0.5, 0.6) is 0 Å². The third-order valence-corrected chi connectivity index (χ3v) is 8.07. The molecule has 194 valence electrons. The Morgan fingerprint density at radius 1 is 0.889 bits per heavy atom. The Labute approximate surface area is 217 Å². The molecule has 36 heavy (non-hydrogen) atoms. The average molecular weight is 490 g/mol. The molecule has 0 bridgehead atoms. The van der Waals surface area contributed by atoms with E-state index >= 15 is 0 Å². The molecule has 2 heterocycles. The second-order valence-electron chi connectivity index (χ2n) is 11.1. The second kappa shape index (κ2) is 12.1. The lowest BCUT2D eigenvalue weighted by atomic mass is 9.79. The molecule has 5 heteroatoms. The zero-order chi connectivity index (χ0) is 25.5. The molecule has 1 unspecified atom stereocenters. The lowest BCUT2D eigenvalue weighted by Gasteiger charge is -2.54. The van der Waals surface area contributed by atoms with E-state index < -0.39 is 11.6 Å². The third kappa shape index (κ3) is 6.00. The summed E-state index contributed by atoms with van der Waals surface area (Å²) in [6, 6.07) is 20.3. The number of carbonyl (C=O) groups is 2. The second-order valence-corrected chi connectivity index (χ2v) is 11.1. The lowest BCUT2D eigenvalue weighted by Crippen LogP contribution is -2.73. The molecule has 1 spiro atoms. The Balaban J connectivity index is 1.39. The summed E-state index contributed by atoms with van der Waals surface area (Å²) in [6.07, 6.45) is 6.79. The topological polar surface area (TPSA) is 52.7 Å². The van der Waals surface area contributed by atoms with Crippen molar-refractivity contribution in [2.24, 2.45) is 5.92 Å². The monoisotopic (exact) mass is 489 g/mol. The van der Waals surface area contributed by atoms with Gasteiger partial charge >= 0.3 is 0 Å². The van der Waals surface area contributed by atoms with Crippen molar-refractivity contribution in [2.75, 3.05) is 19.6 Å². The highest BCUT2D eigenvalue weighted by molar-refractivity contribution is 6.00. The summed E-state index contributed by atoms with van der Waals surface area (Å²) in [6.45, 7) is 9.06. The molecule has 2 aliphatic rings. The number of hydrogen-bond acceptors (Lipinski definition) is 3. The first kappa shape index (κ1) is 26.4. The van der Waals surface area contributed by atoms with Crippen LogP contribution in [0.25, 0.3) is 0 Å². The van der Waals surface area contributed by atoms with E-state index in [1.807, 2.05) is 23.1 Å². The van der Waals surface area contributed by atoms with Crippen LogP contribution in [-0.2, 0) is 16.0 Å². The Morgan fingerprint density at radius 2 is 1.53 bits per heavy atom. The Kier molecular flexibility index (Phi) is 8.84. The summed E-state index contributed by atoms with van der Waals surface area (Å²) in [7, 11) is 0. The van der Waals surface area contributed by atoms with Gasteiger partial charge in [0.25, 0.3) is 0 Å². The third-order valence-electron chi connectivity index (χ3n) is 8.07. The van der Waals surface area contributed by atoms with Gasteiger partial charge in [0.2, 0.25) is 11.8 Å². The fourth-order valence-corrected chi connectivity index (χ4v) is 6.02. The zero-order valence-corrected chi connectivity index (χ0v) is 22.3. The van der Waals surface area contributed by atoms with Crippen molar-refractivity contribution in [3.63, 3.8) is 0 Å². The number of aryl methyl sites for hydroxylation is 1. The number of carbonyl (C=O) groups excluding carboxylic acids is 2. The number of unbranched alkanes of at least 4 members (excludes halogenated alkanes) is 2. The lowest BCUT2D eigenvalue weighted by molar-refractivity contribution is -0.165. The maximum absolute atomic E-state index is 13.8. The Bertz CT molecular complexity index is 983. The highest BCUT2D eigenvalue weighted by Crippen LogP contribution is 2.39. The molecule has 2 fully saturated rings. The van der Waals surface area contributed by atoms with E-state index in [0.29, 0.717) is 25.2 Å². The first-order chi connectivity index (χ1) is 17.4. The first-order valence-corrected chi connectivity index (χ1v) is 13.9. The van der Waals surface area contributed by atoms with Crippen molar-refractivity contribution < 1.29 is 9.59 Å². The van der Waals surface area contributed by atoms with Crippen LogP contribution in [0.15, 0.2) is 60.7 Å². The molecule has 1 N–H and O–H groups in total. The molecule has 0 radical (unpaired) electrons. The maximum atomic E-state index is 13.8. The van der Waals surface area contributed by atoms with Crippen molar-refractivity contribution in [1.82, 2.24) is 15.1 Å². The minimum Gasteiger partial charge on any atom is -0.342 e. The van der Waals surface area contributed by atoms with Gasteiger partial charge in [-0.25, -0.2) is 0 Å². The Morgan fingerprint density at radius 3 is 2.17 bits per heavy atom. The van der Waals surface area contributed by atoms with Gasteiger partial charge in [0.1, 0.15) is 11.6 Å². The zero-order valence-electron chi connectivity index (χ0n) is 22.3. The predicted molar refractivity (Wildman–Crippen MR) is 145 cm³/mol. The molecular weight excluding hydrogens is 446 g/mol. The number of rotatable bonds is 10. The van der Waals surface area contributed by atoms with Crippen LogP contribution in [0.3, 0.4) is 0 Å². The van der Waals surface area contributed by atoms with Crippen LogP contribution in [-0.4, -0.2) is 52.8 Å². The molecule has 4 rings (SSSR count). The molecule has 0 aromatic heterocycles. The van der Waals surface area contributed by atoms with Gasteiger partial charge in [-0.3, -0.25) is 9.59 Å². The van der Waals surface area contributed by atoms with E-state index in [1.165, 1.54) is 24.8 Å². The maximum Gasteiger partial charge on any atom is 0.246 e. The van der Waals surface area contributed by atoms with E-state index in [0.717, 1.165) is 31.6 Å². The van der Waals surface area contributed by atoms with E-state index in [2.05, 4.69) is 73.5 Å². The van der Waals surface area contributed by atoms with Crippen LogP contribution < -0.4 is 5.32 Å². The Hall–Kier alpha value is -2.66. The van der Waals surface area contributed by atoms with E-state index in [4.69, 9.17) is 0 Å². The standard InChI is InChI=1S/C31H43N3O2/c1-24(2)23-28-29(35)34(25(3)27-16-10-5-11-17-27)31(30(36)32-28)18-21-33(22-19-31)20-12-6-9-15-26-13-7-4-8-14-26/h4-5,7-8,10-11,13-14,16-17,24-25,28H,6,9,12,15,18-23H2,1-3H3,(H,32,36)/t25?,28-/m0/s1. The minimum absolute atomic E-state index is 0.0399. The summed E-state index contributed by atoms with van der Waals surface area (Å²) in [5, 5.41) is 3.14. The summed E-state index contributed by atoms with van der Waals surface area (Å²) in [4.78, 5) is 32.0. The van der Waals surface area contributed by atoms with E-state index in [9.17, 15) is 9.59 Å². The quantitative estimate of drug-likeness (QED) is 0.457. The van der Waals surface area contributed by atoms with Crippen molar-refractivity contribution in [2.45, 2.75) is 83.3 Å². The first-order valence-electron chi connectivity index (χ1n) is 13.9. The van der Waals surface area contributed by atoms with Crippen molar-refractivity contribution in [3.8, 4) is 0 Å². The molecule has 2 aliphatic heterocycles. The van der Waals surface area contributed by atoms with Crippen molar-refractivity contribution >= 4 is 11.8 Å². The van der Waals surface area contributed by atoms with E-state index in [-0.39, 0.29) is 17.9 Å². The van der Waals surface area contributed by atoms with Crippen LogP contribution in [0, 0.1) is 5.92 Å². The highest BCUT2D eigenvalue weighted by Gasteiger charge is 2.55. The average Bonchev–Trinajstić information content (AvgIpc) is 2.89. The fourth-order valence-electron chi connectivity index (χ4n) is 6.02. The SMILES string of the molecule is CC(C)C[C@@H]1NC(=O)C2(CCN(CCCCCc3ccccc3)CC2)N(C(C)c2ccccc2)C1=O. The molecular formula is C31H43N3O2. The molecule has 2 aromatic carbocycles. The number of piperazine rings is 1. The van der Waals surface area contributed by atoms with Gasteiger partial charge < -0.3 is 15.1 Å². The fraction of sp³-hybridized carbons (Fsp3) is 0.548. The van der Waals surface area contributed by atoms with Gasteiger partial charge in [0, 0.05) is 13.1 Å². The summed E-state index contributed by atoms with van der Waals surface area (Å²) < 4.78 is 0. The van der Waals surface area contributed by atoms with Gasteiger partial charge in [-0.2, -0.15) is 0 Å².